The van der Waals surface area contributed by atoms with E-state index < -0.39 is 0 Å². The van der Waals surface area contributed by atoms with E-state index in [-0.39, 0.29) is 24.8 Å². The van der Waals surface area contributed by atoms with Crippen LogP contribution in [0.4, 0.5) is 0 Å². The van der Waals surface area contributed by atoms with E-state index in [1.165, 1.54) is 0 Å². The molecule has 134 valence electrons. The Morgan fingerprint density at radius 2 is 1.83 bits per heavy atom. The lowest BCUT2D eigenvalue weighted by molar-refractivity contribution is 0.203. The molecule has 0 unspecified atom stereocenters. The Morgan fingerprint density at radius 1 is 1.12 bits per heavy atom. The van der Waals surface area contributed by atoms with Crippen LogP contribution >= 0.6 is 24.8 Å². The van der Waals surface area contributed by atoms with E-state index in [1.807, 2.05) is 18.2 Å². The predicted octanol–water partition coefficient (Wildman–Crippen LogP) is 2.00. The van der Waals surface area contributed by atoms with Crippen LogP contribution in [0.3, 0.4) is 0 Å². The summed E-state index contributed by atoms with van der Waals surface area (Å²) in [5.74, 6) is 2.52. The number of rotatable bonds is 5. The van der Waals surface area contributed by atoms with Crippen molar-refractivity contribution in [2.24, 2.45) is 0 Å². The van der Waals surface area contributed by atoms with Gasteiger partial charge < -0.3 is 19.3 Å². The number of hydrogen-bond acceptors (Lipinski definition) is 7. The summed E-state index contributed by atoms with van der Waals surface area (Å²) in [5, 5.41) is 7.38. The molecule has 0 saturated carbocycles. The molecule has 0 amide bonds. The molecule has 1 fully saturated rings. The molecule has 0 bridgehead atoms. The quantitative estimate of drug-likeness (QED) is 0.855. The van der Waals surface area contributed by atoms with Gasteiger partial charge in [-0.25, -0.2) is 0 Å². The molecule has 0 spiro atoms. The van der Waals surface area contributed by atoms with E-state index in [2.05, 4.69) is 20.4 Å². The van der Waals surface area contributed by atoms with Crippen molar-refractivity contribution in [3.63, 3.8) is 0 Å². The maximum atomic E-state index is 5.36. The third-order valence-corrected chi connectivity index (χ3v) is 3.68. The third-order valence-electron chi connectivity index (χ3n) is 3.68. The van der Waals surface area contributed by atoms with Crippen LogP contribution in [0.5, 0.6) is 11.5 Å². The third kappa shape index (κ3) is 4.73. The summed E-state index contributed by atoms with van der Waals surface area (Å²) in [5.41, 5.74) is 0.841. The number of aromatic nitrogens is 2. The number of nitrogens with zero attached hydrogens (tertiary/aromatic N) is 3. The van der Waals surface area contributed by atoms with Crippen molar-refractivity contribution in [2.75, 3.05) is 40.4 Å². The Labute approximate surface area is 153 Å². The molecule has 1 aliphatic heterocycles. The minimum Gasteiger partial charge on any atom is -0.493 e. The second-order valence-electron chi connectivity index (χ2n) is 5.11. The minimum absolute atomic E-state index is 0. The summed E-state index contributed by atoms with van der Waals surface area (Å²) in [4.78, 5) is 6.76. The highest BCUT2D eigenvalue weighted by atomic mass is 35.5. The van der Waals surface area contributed by atoms with E-state index >= 15 is 0 Å². The van der Waals surface area contributed by atoms with Gasteiger partial charge in [0.2, 0.25) is 11.7 Å². The maximum Gasteiger partial charge on any atom is 0.241 e. The van der Waals surface area contributed by atoms with E-state index in [1.54, 1.807) is 14.2 Å². The predicted molar refractivity (Wildman–Crippen MR) is 95.5 cm³/mol. The second-order valence-corrected chi connectivity index (χ2v) is 5.11. The molecule has 9 heteroatoms. The van der Waals surface area contributed by atoms with Gasteiger partial charge in [0.1, 0.15) is 0 Å². The Balaban J connectivity index is 0.00000144. The molecule has 24 heavy (non-hydrogen) atoms. The van der Waals surface area contributed by atoms with Gasteiger partial charge in [-0.1, -0.05) is 5.16 Å². The lowest BCUT2D eigenvalue weighted by Crippen LogP contribution is -2.42. The van der Waals surface area contributed by atoms with Gasteiger partial charge in [-0.2, -0.15) is 4.98 Å². The average Bonchev–Trinajstić information content (AvgIpc) is 3.03. The smallest absolute Gasteiger partial charge is 0.241 e. The molecule has 2 aromatic rings. The molecule has 1 aromatic carbocycles. The van der Waals surface area contributed by atoms with Gasteiger partial charge in [0.25, 0.3) is 0 Å². The molecule has 1 N–H and O–H groups in total. The molecule has 1 aromatic heterocycles. The molecule has 7 nitrogen and oxygen atoms in total. The van der Waals surface area contributed by atoms with Crippen LogP contribution in [0.2, 0.25) is 0 Å². The van der Waals surface area contributed by atoms with E-state index in [0.29, 0.717) is 29.8 Å². The number of hydrogen-bond donors (Lipinski definition) is 1. The lowest BCUT2D eigenvalue weighted by atomic mass is 10.2. The SMILES string of the molecule is COc1ccc(-c2noc(CN3CCNCC3)n2)cc1OC.Cl.Cl. The van der Waals surface area contributed by atoms with Crippen LogP contribution in [0.25, 0.3) is 11.4 Å². The Bertz CT molecular complexity index is 633. The first-order valence-electron chi connectivity index (χ1n) is 7.28. The largest absolute Gasteiger partial charge is 0.493 e. The number of nitrogens with one attached hydrogen (secondary N) is 1. The van der Waals surface area contributed by atoms with Crippen LogP contribution < -0.4 is 14.8 Å². The molecule has 0 atom stereocenters. The van der Waals surface area contributed by atoms with E-state index in [0.717, 1.165) is 31.7 Å². The average molecular weight is 377 g/mol. The molecule has 0 aliphatic carbocycles. The molecule has 1 aliphatic rings. The Morgan fingerprint density at radius 3 is 2.50 bits per heavy atom. The van der Waals surface area contributed by atoms with Gasteiger partial charge in [0.15, 0.2) is 11.5 Å². The highest BCUT2D eigenvalue weighted by molar-refractivity contribution is 5.85. The Hall–Kier alpha value is -1.54. The monoisotopic (exact) mass is 376 g/mol. The molecule has 2 heterocycles. The van der Waals surface area contributed by atoms with Crippen molar-refractivity contribution in [2.45, 2.75) is 6.54 Å². The number of piperazine rings is 1. The number of benzene rings is 1. The molecule has 3 rings (SSSR count). The number of ether oxygens (including phenoxy) is 2. The van der Waals surface area contributed by atoms with Crippen molar-refractivity contribution in [1.82, 2.24) is 20.4 Å². The first-order valence-corrected chi connectivity index (χ1v) is 7.28. The van der Waals surface area contributed by atoms with Crippen LogP contribution in [0.1, 0.15) is 5.89 Å². The lowest BCUT2D eigenvalue weighted by Gasteiger charge is -2.25. The van der Waals surface area contributed by atoms with E-state index in [4.69, 9.17) is 14.0 Å². The zero-order chi connectivity index (χ0) is 15.4. The fourth-order valence-corrected chi connectivity index (χ4v) is 2.47. The zero-order valence-electron chi connectivity index (χ0n) is 13.7. The highest BCUT2D eigenvalue weighted by Crippen LogP contribution is 2.31. The normalized spacial score (nSPS) is 14.4. The number of methoxy groups -OCH3 is 2. The number of halogens is 2. The maximum absolute atomic E-state index is 5.36. The molecule has 0 radical (unpaired) electrons. The van der Waals surface area contributed by atoms with Crippen LogP contribution in [-0.4, -0.2) is 55.4 Å². The fraction of sp³-hybridized carbons (Fsp3) is 0.467. The summed E-state index contributed by atoms with van der Waals surface area (Å²) in [6.07, 6.45) is 0. The van der Waals surface area contributed by atoms with E-state index in [9.17, 15) is 0 Å². The summed E-state index contributed by atoms with van der Waals surface area (Å²) < 4.78 is 15.9. The summed E-state index contributed by atoms with van der Waals surface area (Å²) in [6, 6.07) is 5.57. The highest BCUT2D eigenvalue weighted by Gasteiger charge is 2.16. The zero-order valence-corrected chi connectivity index (χ0v) is 15.3. The summed E-state index contributed by atoms with van der Waals surface area (Å²) in [6.45, 7) is 4.66. The van der Waals surface area contributed by atoms with Crippen LogP contribution in [0, 0.1) is 0 Å². The second kappa shape index (κ2) is 9.68. The van der Waals surface area contributed by atoms with Gasteiger partial charge in [-0.05, 0) is 18.2 Å². The van der Waals surface area contributed by atoms with Crippen molar-refractivity contribution in [3.05, 3.63) is 24.1 Å². The summed E-state index contributed by atoms with van der Waals surface area (Å²) >= 11 is 0. The summed E-state index contributed by atoms with van der Waals surface area (Å²) in [7, 11) is 3.21. The van der Waals surface area contributed by atoms with Crippen molar-refractivity contribution in [1.29, 1.82) is 0 Å². The van der Waals surface area contributed by atoms with Crippen LogP contribution in [-0.2, 0) is 6.54 Å². The van der Waals surface area contributed by atoms with Gasteiger partial charge in [-0.3, -0.25) is 4.90 Å². The van der Waals surface area contributed by atoms with Crippen molar-refractivity contribution < 1.29 is 14.0 Å². The van der Waals surface area contributed by atoms with Crippen molar-refractivity contribution >= 4 is 24.8 Å². The minimum atomic E-state index is 0. The van der Waals surface area contributed by atoms with Gasteiger partial charge >= 0.3 is 0 Å². The van der Waals surface area contributed by atoms with Gasteiger partial charge in [0, 0.05) is 31.7 Å². The fourth-order valence-electron chi connectivity index (χ4n) is 2.47. The van der Waals surface area contributed by atoms with Crippen molar-refractivity contribution in [3.8, 4) is 22.9 Å². The van der Waals surface area contributed by atoms with Crippen LogP contribution in [0.15, 0.2) is 22.7 Å². The topological polar surface area (TPSA) is 72.7 Å². The van der Waals surface area contributed by atoms with Gasteiger partial charge in [-0.15, -0.1) is 24.8 Å². The molecular weight excluding hydrogens is 355 g/mol. The first kappa shape index (κ1) is 20.5. The molecule has 1 saturated heterocycles. The first-order chi connectivity index (χ1) is 10.8. The Kier molecular flexibility index (Phi) is 8.27. The molecular formula is C15H22Cl2N4O3. The standard InChI is InChI=1S/C15H20N4O3.2ClH/c1-20-12-4-3-11(9-13(12)21-2)15-17-14(22-18-15)10-19-7-5-16-6-8-19;;/h3-4,9,16H,5-8,10H2,1-2H3;2*1H. The van der Waals surface area contributed by atoms with Gasteiger partial charge in [0.05, 0.1) is 20.8 Å².